The van der Waals surface area contributed by atoms with Crippen LogP contribution in [0.1, 0.15) is 29.5 Å². The molecule has 2 amide bonds. The van der Waals surface area contributed by atoms with E-state index < -0.39 is 44.9 Å². The quantitative estimate of drug-likeness (QED) is 0.305. The molecule has 2 aliphatic heterocycles. The highest BCUT2D eigenvalue weighted by molar-refractivity contribution is 6.53. The number of aryl methyl sites for hydroxylation is 1. The highest BCUT2D eigenvalue weighted by Gasteiger charge is 2.75. The van der Waals surface area contributed by atoms with Gasteiger partial charge in [-0.05, 0) is 30.2 Å². The van der Waals surface area contributed by atoms with Gasteiger partial charge in [0.2, 0.25) is 0 Å². The third kappa shape index (κ3) is 2.81. The second kappa shape index (κ2) is 7.72. The maximum atomic E-state index is 13.7. The molecule has 2 aromatic carbocycles. The number of likely N-dealkylation sites (tertiary alicyclic amines) is 1. The zero-order valence-electron chi connectivity index (χ0n) is 19.9. The van der Waals surface area contributed by atoms with E-state index >= 15 is 0 Å². The van der Waals surface area contributed by atoms with E-state index in [0.717, 1.165) is 9.47 Å². The van der Waals surface area contributed by atoms with E-state index in [4.69, 9.17) is 23.2 Å². The van der Waals surface area contributed by atoms with Gasteiger partial charge >= 0.3 is 11.4 Å². The normalized spacial score (nSPS) is 28.5. The third-order valence-electron chi connectivity index (χ3n) is 7.88. The Kier molecular flexibility index (Phi) is 4.97. The van der Waals surface area contributed by atoms with Crippen molar-refractivity contribution in [2.75, 3.05) is 7.05 Å². The Labute approximate surface area is 220 Å². The van der Waals surface area contributed by atoms with Crippen LogP contribution in [-0.4, -0.2) is 52.5 Å². The first-order valence-corrected chi connectivity index (χ1v) is 12.5. The zero-order chi connectivity index (χ0) is 26.4. The minimum atomic E-state index is -1.96. The number of para-hydroxylation sites is 2. The van der Waals surface area contributed by atoms with Gasteiger partial charge < -0.3 is 5.11 Å². The number of rotatable bonds is 2. The predicted molar refractivity (Wildman–Crippen MR) is 137 cm³/mol. The number of phenolic OH excluding ortho intramolecular Hbond substituents is 1. The number of amides is 2. The first-order valence-electron chi connectivity index (χ1n) is 11.7. The molecular formula is C26H22Cl2N4O5. The molecule has 0 radical (unpaired) electrons. The Morgan fingerprint density at radius 1 is 0.946 bits per heavy atom. The number of nitrogens with zero attached hydrogens (tertiary/aromatic N) is 4. The molecule has 190 valence electrons. The van der Waals surface area contributed by atoms with Gasteiger partial charge in [-0.25, -0.2) is 23.5 Å². The number of hydrogen-bond donors (Lipinski definition) is 1. The van der Waals surface area contributed by atoms with E-state index in [2.05, 4.69) is 0 Å². The Bertz CT molecular complexity index is 1660. The van der Waals surface area contributed by atoms with Crippen LogP contribution in [-0.2, 0) is 16.1 Å². The van der Waals surface area contributed by atoms with Crippen molar-refractivity contribution in [1.82, 2.24) is 18.8 Å². The van der Waals surface area contributed by atoms with Gasteiger partial charge in [-0.3, -0.25) is 14.5 Å². The van der Waals surface area contributed by atoms with Crippen LogP contribution < -0.4 is 11.4 Å². The SMILES string of the molecule is Cc1cccc([C@H]2C3=CCn4c(=O)n(-c5ccccc5)c(=O)n4[C@@H]3C[C@@]3(Cl)C(=O)N(C)C(=O)[C@@]23Cl)c1O. The maximum Gasteiger partial charge on any atom is 0.352 e. The van der Waals surface area contributed by atoms with Gasteiger partial charge in [0.15, 0.2) is 9.75 Å². The minimum Gasteiger partial charge on any atom is -0.507 e. The molecule has 3 aliphatic rings. The molecule has 3 heterocycles. The number of halogens is 2. The monoisotopic (exact) mass is 540 g/mol. The summed E-state index contributed by atoms with van der Waals surface area (Å²) in [5, 5.41) is 11.1. The van der Waals surface area contributed by atoms with Crippen molar-refractivity contribution >= 4 is 35.0 Å². The number of carbonyl (C=O) groups is 2. The summed E-state index contributed by atoms with van der Waals surface area (Å²) < 4.78 is 3.65. The van der Waals surface area contributed by atoms with E-state index in [1.807, 2.05) is 0 Å². The van der Waals surface area contributed by atoms with Gasteiger partial charge in [0.05, 0.1) is 18.3 Å². The number of benzene rings is 2. The molecule has 1 saturated heterocycles. The van der Waals surface area contributed by atoms with Gasteiger partial charge in [0.25, 0.3) is 11.8 Å². The standard InChI is InChI=1S/C26H22Cl2N4O5/c1-14-7-6-10-17(20(14)33)19-16-11-12-30-23(36)31(15-8-4-3-5-9-15)24(37)32(30)18(16)13-25(27)21(34)29(2)22(35)26(19,25)28/h3-11,18-19,33H,12-13H2,1-2H3/t18-,19-,25-,26+/m1/s1. The summed E-state index contributed by atoms with van der Waals surface area (Å²) in [6.45, 7) is 1.74. The van der Waals surface area contributed by atoms with E-state index in [9.17, 15) is 24.3 Å². The third-order valence-corrected chi connectivity index (χ3v) is 9.29. The second-order valence-electron chi connectivity index (χ2n) is 9.71. The Hall–Kier alpha value is -3.56. The van der Waals surface area contributed by atoms with Gasteiger partial charge in [-0.15, -0.1) is 23.2 Å². The molecule has 37 heavy (non-hydrogen) atoms. The van der Waals surface area contributed by atoms with Crippen LogP contribution in [0, 0.1) is 6.92 Å². The highest BCUT2D eigenvalue weighted by atomic mass is 35.5. The smallest absolute Gasteiger partial charge is 0.352 e. The first-order chi connectivity index (χ1) is 17.5. The van der Waals surface area contributed by atoms with Crippen LogP contribution in [0.15, 0.2) is 69.8 Å². The fraction of sp³-hybridized carbons (Fsp3) is 0.308. The van der Waals surface area contributed by atoms with Gasteiger partial charge in [0.1, 0.15) is 5.75 Å². The largest absolute Gasteiger partial charge is 0.507 e. The average Bonchev–Trinajstić information content (AvgIpc) is 3.21. The maximum absolute atomic E-state index is 13.7. The number of alkyl halides is 2. The summed E-state index contributed by atoms with van der Waals surface area (Å²) in [6, 6.07) is 12.7. The molecule has 1 saturated carbocycles. The molecule has 1 aromatic heterocycles. The van der Waals surface area contributed by atoms with Crippen molar-refractivity contribution in [2.24, 2.45) is 0 Å². The lowest BCUT2D eigenvalue weighted by atomic mass is 9.64. The second-order valence-corrected chi connectivity index (χ2v) is 11.0. The van der Waals surface area contributed by atoms with Crippen LogP contribution >= 0.6 is 23.2 Å². The number of carbonyl (C=O) groups excluding carboxylic acids is 2. The van der Waals surface area contributed by atoms with Crippen LogP contribution in [0.4, 0.5) is 0 Å². The molecular weight excluding hydrogens is 519 g/mol. The van der Waals surface area contributed by atoms with Crippen molar-refractivity contribution in [3.8, 4) is 11.4 Å². The van der Waals surface area contributed by atoms with E-state index in [1.54, 1.807) is 61.5 Å². The van der Waals surface area contributed by atoms with E-state index in [1.165, 1.54) is 16.4 Å². The lowest BCUT2D eigenvalue weighted by Gasteiger charge is -2.49. The fourth-order valence-corrected chi connectivity index (χ4v) is 7.06. The van der Waals surface area contributed by atoms with E-state index in [0.29, 0.717) is 22.4 Å². The number of imide groups is 1. The molecule has 2 fully saturated rings. The first kappa shape index (κ1) is 23.8. The Morgan fingerprint density at radius 3 is 2.35 bits per heavy atom. The summed E-state index contributed by atoms with van der Waals surface area (Å²) in [7, 11) is 1.32. The Balaban J connectivity index is 1.64. The molecule has 1 N–H and O–H groups in total. The van der Waals surface area contributed by atoms with Crippen molar-refractivity contribution < 1.29 is 14.7 Å². The number of hydrogen-bond acceptors (Lipinski definition) is 5. The molecule has 9 nitrogen and oxygen atoms in total. The number of aromatic hydroxyl groups is 1. The van der Waals surface area contributed by atoms with Crippen molar-refractivity contribution in [3.63, 3.8) is 0 Å². The summed E-state index contributed by atoms with van der Waals surface area (Å²) in [6.07, 6.45) is 1.55. The van der Waals surface area contributed by atoms with Gasteiger partial charge in [-0.1, -0.05) is 42.5 Å². The number of allylic oxidation sites excluding steroid dienone is 2. The minimum absolute atomic E-state index is 0.0308. The Morgan fingerprint density at radius 2 is 1.65 bits per heavy atom. The average molecular weight is 541 g/mol. The molecule has 4 atom stereocenters. The molecule has 0 spiro atoms. The predicted octanol–water partition coefficient (Wildman–Crippen LogP) is 2.44. The van der Waals surface area contributed by atoms with Crippen LogP contribution in [0.3, 0.4) is 0 Å². The number of aromatic nitrogens is 3. The van der Waals surface area contributed by atoms with E-state index in [-0.39, 0.29) is 18.7 Å². The molecule has 0 bridgehead atoms. The van der Waals surface area contributed by atoms with Crippen LogP contribution in [0.2, 0.25) is 0 Å². The van der Waals surface area contributed by atoms with Crippen LogP contribution in [0.5, 0.6) is 5.75 Å². The summed E-state index contributed by atoms with van der Waals surface area (Å²) in [5.74, 6) is -2.50. The van der Waals surface area contributed by atoms with Crippen molar-refractivity contribution in [1.29, 1.82) is 0 Å². The van der Waals surface area contributed by atoms with Gasteiger partial charge in [0, 0.05) is 24.9 Å². The molecule has 11 heteroatoms. The summed E-state index contributed by atoms with van der Waals surface area (Å²) >= 11 is 14.2. The molecule has 0 unspecified atom stereocenters. The molecule has 6 rings (SSSR count). The zero-order valence-corrected chi connectivity index (χ0v) is 21.4. The number of fused-ring (bicyclic) bond motifs is 4. The fourth-order valence-electron chi connectivity index (χ4n) is 6.06. The van der Waals surface area contributed by atoms with Gasteiger partial charge in [-0.2, -0.15) is 0 Å². The lowest BCUT2D eigenvalue weighted by molar-refractivity contribution is -0.137. The lowest BCUT2D eigenvalue weighted by Crippen LogP contribution is -2.59. The van der Waals surface area contributed by atoms with Crippen molar-refractivity contribution in [2.45, 2.75) is 41.6 Å². The summed E-state index contributed by atoms with van der Waals surface area (Å²) in [4.78, 5) is 51.0. The summed E-state index contributed by atoms with van der Waals surface area (Å²) in [5.41, 5.74) is 0.655. The topological polar surface area (TPSA) is 107 Å². The van der Waals surface area contributed by atoms with Crippen LogP contribution in [0.25, 0.3) is 5.69 Å². The van der Waals surface area contributed by atoms with Crippen molar-refractivity contribution in [3.05, 3.63) is 92.3 Å². The molecule has 1 aliphatic carbocycles. The molecule has 3 aromatic rings. The highest BCUT2D eigenvalue weighted by Crippen LogP contribution is 2.64. The number of phenols is 1.